The van der Waals surface area contributed by atoms with E-state index in [1.807, 2.05) is 0 Å². The van der Waals surface area contributed by atoms with Crippen molar-refractivity contribution in [3.05, 3.63) is 71.3 Å². The highest BCUT2D eigenvalue weighted by molar-refractivity contribution is 5.93. The van der Waals surface area contributed by atoms with Gasteiger partial charge in [0.2, 0.25) is 0 Å². The molecule has 0 fully saturated rings. The average Bonchev–Trinajstić information content (AvgIpc) is 2.63. The van der Waals surface area contributed by atoms with Crippen LogP contribution in [0.4, 0.5) is 13.2 Å². The van der Waals surface area contributed by atoms with Crippen LogP contribution in [0.2, 0.25) is 0 Å². The molecule has 0 unspecified atom stereocenters. The first-order chi connectivity index (χ1) is 13.0. The van der Waals surface area contributed by atoms with Crippen LogP contribution in [0.15, 0.2) is 54.6 Å². The third-order valence-electron chi connectivity index (χ3n) is 3.59. The van der Waals surface area contributed by atoms with Crippen LogP contribution >= 0.6 is 0 Å². The number of hydrogen-bond acceptors (Lipinski definition) is 4. The normalized spacial score (nSPS) is 11.8. The van der Waals surface area contributed by atoms with Gasteiger partial charge in [0.15, 0.2) is 0 Å². The fourth-order valence-electron chi connectivity index (χ4n) is 1.95. The summed E-state index contributed by atoms with van der Waals surface area (Å²) in [5, 5.41) is 0.406. The number of rotatable bonds is 4. The summed E-state index contributed by atoms with van der Waals surface area (Å²) < 4.78 is 38.1. The number of hydroxylamine groups is 2. The highest BCUT2D eigenvalue weighted by Crippen LogP contribution is 2.29. The van der Waals surface area contributed by atoms with E-state index in [0.29, 0.717) is 10.8 Å². The number of hydrogen-bond donors (Lipinski definition) is 0. The predicted molar refractivity (Wildman–Crippen MR) is 94.4 cm³/mol. The Morgan fingerprint density at radius 2 is 1.50 bits per heavy atom. The van der Waals surface area contributed by atoms with Gasteiger partial charge < -0.3 is 4.84 Å². The molecule has 0 aliphatic rings. The van der Waals surface area contributed by atoms with Gasteiger partial charge in [0.25, 0.3) is 0 Å². The molecule has 0 aromatic heterocycles. The summed E-state index contributed by atoms with van der Waals surface area (Å²) in [6.45, 7) is 4.69. The minimum Gasteiger partial charge on any atom is -0.311 e. The molecule has 0 atom stereocenters. The molecule has 0 heterocycles. The van der Waals surface area contributed by atoms with E-state index in [1.54, 1.807) is 51.1 Å². The molecule has 150 valence electrons. The Bertz CT molecular complexity index is 812. The van der Waals surface area contributed by atoms with Crippen LogP contribution in [0.25, 0.3) is 0 Å². The van der Waals surface area contributed by atoms with Gasteiger partial charge in [-0.05, 0) is 55.8 Å². The maximum Gasteiger partial charge on any atom is 0.416 e. The van der Waals surface area contributed by atoms with Crippen LogP contribution in [0.3, 0.4) is 0 Å². The van der Waals surface area contributed by atoms with E-state index < -0.39 is 29.0 Å². The molecular weight excluding hydrogens is 375 g/mol. The molecular formula is C20H20F3NO4. The lowest BCUT2D eigenvalue weighted by Crippen LogP contribution is -2.37. The van der Waals surface area contributed by atoms with Gasteiger partial charge in [0.05, 0.1) is 11.0 Å². The maximum atomic E-state index is 12.7. The minimum atomic E-state index is -4.52. The van der Waals surface area contributed by atoms with Gasteiger partial charge in [-0.25, -0.2) is 9.63 Å². The van der Waals surface area contributed by atoms with Crippen molar-refractivity contribution < 1.29 is 32.4 Å². The molecule has 0 spiro atoms. The van der Waals surface area contributed by atoms with Crippen molar-refractivity contribution >= 4 is 11.9 Å². The lowest BCUT2D eigenvalue weighted by molar-refractivity contribution is -0.317. The molecule has 0 aliphatic carbocycles. The highest BCUT2D eigenvalue weighted by atomic mass is 19.4. The molecule has 0 saturated heterocycles. The molecule has 0 saturated carbocycles. The van der Waals surface area contributed by atoms with Crippen LogP contribution in [0.5, 0.6) is 0 Å². The second kappa shape index (κ2) is 8.43. The van der Waals surface area contributed by atoms with Gasteiger partial charge >= 0.3 is 18.1 Å². The first kappa shape index (κ1) is 21.4. The summed E-state index contributed by atoms with van der Waals surface area (Å²) in [6, 6.07) is 12.4. The van der Waals surface area contributed by atoms with Gasteiger partial charge in [-0.3, -0.25) is 4.79 Å². The Morgan fingerprint density at radius 3 is 2.00 bits per heavy atom. The van der Waals surface area contributed by atoms with Crippen LogP contribution in [0.1, 0.15) is 42.3 Å². The lowest BCUT2D eigenvalue weighted by Gasteiger charge is -2.24. The molecule has 5 nitrogen and oxygen atoms in total. The summed E-state index contributed by atoms with van der Waals surface area (Å²) in [7, 11) is 0. The molecule has 0 N–H and O–H groups in total. The Balaban J connectivity index is 2.21. The first-order valence-corrected chi connectivity index (χ1v) is 8.39. The van der Waals surface area contributed by atoms with Crippen LogP contribution in [-0.2, 0) is 27.3 Å². The van der Waals surface area contributed by atoms with Crippen molar-refractivity contribution in [1.82, 2.24) is 5.23 Å². The Morgan fingerprint density at radius 1 is 0.929 bits per heavy atom. The van der Waals surface area contributed by atoms with E-state index in [9.17, 15) is 22.8 Å². The first-order valence-electron chi connectivity index (χ1n) is 8.39. The average molecular weight is 395 g/mol. The number of halogens is 3. The second-order valence-corrected chi connectivity index (χ2v) is 7.03. The van der Waals surface area contributed by atoms with Gasteiger partial charge in [-0.15, -0.1) is 0 Å². The monoisotopic (exact) mass is 395 g/mol. The summed E-state index contributed by atoms with van der Waals surface area (Å²) in [4.78, 5) is 35.2. The molecule has 1 amide bonds. The van der Waals surface area contributed by atoms with Crippen LogP contribution in [-0.4, -0.2) is 17.1 Å². The SMILES string of the molecule is CC(C)(C)C(=O)ON(OCc1ccccc1)C(=O)c1ccc(C(F)(F)F)cc1. The number of nitrogens with zero attached hydrogens (tertiary/aromatic N) is 1. The minimum absolute atomic E-state index is 0.0787. The Hall–Kier alpha value is -2.87. The van der Waals surface area contributed by atoms with E-state index in [-0.39, 0.29) is 12.2 Å². The van der Waals surface area contributed by atoms with Gasteiger partial charge in [0, 0.05) is 5.56 Å². The molecule has 2 rings (SSSR count). The smallest absolute Gasteiger partial charge is 0.311 e. The van der Waals surface area contributed by atoms with E-state index in [1.165, 1.54) is 0 Å². The Kier molecular flexibility index (Phi) is 6.45. The molecule has 0 bridgehead atoms. The van der Waals surface area contributed by atoms with Crippen molar-refractivity contribution in [1.29, 1.82) is 0 Å². The van der Waals surface area contributed by atoms with E-state index >= 15 is 0 Å². The molecule has 2 aromatic carbocycles. The fourth-order valence-corrected chi connectivity index (χ4v) is 1.95. The summed E-state index contributed by atoms with van der Waals surface area (Å²) in [6.07, 6.45) is -4.52. The van der Waals surface area contributed by atoms with Gasteiger partial charge in [-0.1, -0.05) is 30.3 Å². The predicted octanol–water partition coefficient (Wildman–Crippen LogP) is 4.78. The van der Waals surface area contributed by atoms with Crippen molar-refractivity contribution in [2.75, 3.05) is 0 Å². The third kappa shape index (κ3) is 5.82. The molecule has 0 radical (unpaired) electrons. The summed E-state index contributed by atoms with van der Waals surface area (Å²) >= 11 is 0. The maximum absolute atomic E-state index is 12.7. The number of carbonyl (C=O) groups is 2. The van der Waals surface area contributed by atoms with Crippen molar-refractivity contribution in [2.24, 2.45) is 5.41 Å². The number of alkyl halides is 3. The lowest BCUT2D eigenvalue weighted by atomic mass is 9.98. The Labute approximate surface area is 160 Å². The zero-order chi connectivity index (χ0) is 20.9. The van der Waals surface area contributed by atoms with Crippen LogP contribution in [0, 0.1) is 5.41 Å². The fraction of sp³-hybridized carbons (Fsp3) is 0.300. The van der Waals surface area contributed by atoms with Crippen molar-refractivity contribution in [2.45, 2.75) is 33.6 Å². The number of amides is 1. The standard InChI is InChI=1S/C20H20F3NO4/c1-19(2,3)18(26)28-24(27-13-14-7-5-4-6-8-14)17(25)15-9-11-16(12-10-15)20(21,22)23/h4-12H,13H2,1-3H3. The zero-order valence-electron chi connectivity index (χ0n) is 15.6. The second-order valence-electron chi connectivity index (χ2n) is 7.03. The third-order valence-corrected chi connectivity index (χ3v) is 3.59. The van der Waals surface area contributed by atoms with Gasteiger partial charge in [0.1, 0.15) is 6.61 Å². The van der Waals surface area contributed by atoms with E-state index in [2.05, 4.69) is 0 Å². The van der Waals surface area contributed by atoms with Crippen molar-refractivity contribution in [3.8, 4) is 0 Å². The van der Waals surface area contributed by atoms with E-state index in [0.717, 1.165) is 24.3 Å². The van der Waals surface area contributed by atoms with Crippen molar-refractivity contribution in [3.63, 3.8) is 0 Å². The molecule has 2 aromatic rings. The number of carbonyl (C=O) groups excluding carboxylic acids is 2. The zero-order valence-corrected chi connectivity index (χ0v) is 15.6. The summed E-state index contributed by atoms with van der Waals surface area (Å²) in [5.41, 5.74) is -1.23. The quantitative estimate of drug-likeness (QED) is 0.699. The molecule has 28 heavy (non-hydrogen) atoms. The topological polar surface area (TPSA) is 55.8 Å². The van der Waals surface area contributed by atoms with E-state index in [4.69, 9.17) is 9.68 Å². The molecule has 8 heteroatoms. The van der Waals surface area contributed by atoms with Crippen LogP contribution < -0.4 is 0 Å². The molecule has 0 aliphatic heterocycles. The highest BCUT2D eigenvalue weighted by Gasteiger charge is 2.32. The number of benzene rings is 2. The van der Waals surface area contributed by atoms with Gasteiger partial charge in [-0.2, -0.15) is 13.2 Å². The summed E-state index contributed by atoms with van der Waals surface area (Å²) in [5.74, 6) is -1.64. The largest absolute Gasteiger partial charge is 0.416 e.